The van der Waals surface area contributed by atoms with Gasteiger partial charge in [0.15, 0.2) is 0 Å². The Bertz CT molecular complexity index is 1710. The molecule has 0 atom stereocenters. The van der Waals surface area contributed by atoms with Crippen LogP contribution in [0.25, 0.3) is 10.8 Å². The molecule has 0 aliphatic rings. The van der Waals surface area contributed by atoms with E-state index in [0.29, 0.717) is 28.8 Å². The number of hydrogen-bond acceptors (Lipinski definition) is 7. The average molecular weight is 596 g/mol. The van der Waals surface area contributed by atoms with Gasteiger partial charge in [-0.05, 0) is 55.1 Å². The van der Waals surface area contributed by atoms with Crippen molar-refractivity contribution in [2.75, 3.05) is 11.9 Å². The van der Waals surface area contributed by atoms with E-state index in [-0.39, 0.29) is 62.1 Å². The van der Waals surface area contributed by atoms with Crippen molar-refractivity contribution in [3.05, 3.63) is 81.8 Å². The fourth-order valence-electron chi connectivity index (χ4n) is 3.79. The maximum Gasteiger partial charge on any atom is 1.00 e. The molecule has 9 nitrogen and oxygen atoms in total. The van der Waals surface area contributed by atoms with E-state index < -0.39 is 26.7 Å². The van der Waals surface area contributed by atoms with Gasteiger partial charge in [0, 0.05) is 16.6 Å². The number of nitrogens with one attached hydrogen (secondary N) is 1. The van der Waals surface area contributed by atoms with Gasteiger partial charge in [-0.2, -0.15) is 13.5 Å². The fourth-order valence-corrected chi connectivity index (χ4v) is 5.15. The van der Waals surface area contributed by atoms with Gasteiger partial charge in [-0.15, -0.1) is 5.11 Å². The minimum Gasteiger partial charge on any atom is -0.870 e. The third kappa shape index (κ3) is 6.72. The predicted octanol–water partition coefficient (Wildman–Crippen LogP) is 3.85. The van der Waals surface area contributed by atoms with Crippen LogP contribution in [0.5, 0.6) is 11.5 Å². The number of amides is 1. The van der Waals surface area contributed by atoms with Gasteiger partial charge in [0.05, 0.1) is 22.3 Å². The number of fused-ring (bicyclic) bond motifs is 1. The number of carbonyl (C=O) groups is 1. The monoisotopic (exact) mass is 595 g/mol. The number of ether oxygens (including phenoxy) is 1. The summed E-state index contributed by atoms with van der Waals surface area (Å²) in [6.07, 6.45) is 0. The predicted molar refractivity (Wildman–Crippen MR) is 144 cm³/mol. The van der Waals surface area contributed by atoms with Crippen molar-refractivity contribution in [2.24, 2.45) is 10.2 Å². The summed E-state index contributed by atoms with van der Waals surface area (Å²) in [6, 6.07) is 15.6. The molecule has 0 heterocycles. The first kappa shape index (κ1) is 30.8. The Labute approximate surface area is 256 Å². The van der Waals surface area contributed by atoms with E-state index in [1.165, 1.54) is 31.2 Å². The summed E-state index contributed by atoms with van der Waals surface area (Å²) in [5, 5.41) is 25.1. The third-order valence-corrected chi connectivity index (χ3v) is 7.13. The van der Waals surface area contributed by atoms with E-state index in [9.17, 15) is 22.9 Å². The number of halogens is 2. The van der Waals surface area contributed by atoms with Crippen LogP contribution in [-0.2, 0) is 10.1 Å². The molecule has 0 unspecified atom stereocenters. The summed E-state index contributed by atoms with van der Waals surface area (Å²) in [4.78, 5) is 12.6. The van der Waals surface area contributed by atoms with Gasteiger partial charge < -0.3 is 15.2 Å². The van der Waals surface area contributed by atoms with Crippen molar-refractivity contribution in [3.63, 3.8) is 0 Å². The topological polar surface area (TPSA) is 140 Å². The first-order valence-corrected chi connectivity index (χ1v) is 13.4. The third-order valence-electron chi connectivity index (χ3n) is 5.50. The molecule has 196 valence electrons. The Morgan fingerprint density at radius 1 is 1.03 bits per heavy atom. The zero-order valence-electron chi connectivity index (χ0n) is 21.0. The van der Waals surface area contributed by atoms with Crippen molar-refractivity contribution in [2.45, 2.75) is 18.7 Å². The van der Waals surface area contributed by atoms with Crippen LogP contribution in [0.2, 0.25) is 10.0 Å². The molecule has 4 aromatic carbocycles. The zero-order valence-corrected chi connectivity index (χ0v) is 25.4. The molecule has 0 aliphatic heterocycles. The molecule has 1 amide bonds. The summed E-state index contributed by atoms with van der Waals surface area (Å²) in [6.45, 7) is 3.68. The number of benzene rings is 4. The summed E-state index contributed by atoms with van der Waals surface area (Å²) in [7, 11) is -4.71. The molecular formula is C26H20Cl2N3NaO6S. The number of nitrogens with zero attached hydrogens (tertiary/aromatic N) is 2. The van der Waals surface area contributed by atoms with Gasteiger partial charge in [-0.3, -0.25) is 9.35 Å². The Hall–Kier alpha value is -2.70. The molecule has 4 rings (SSSR count). The normalized spacial score (nSPS) is 11.4. The number of aryl methyl sites for hydroxylation is 1. The summed E-state index contributed by atoms with van der Waals surface area (Å²) in [5.41, 5.74) is -0.259. The molecule has 0 aromatic heterocycles. The second-order valence-electron chi connectivity index (χ2n) is 8.07. The van der Waals surface area contributed by atoms with Crippen molar-refractivity contribution in [1.82, 2.24) is 0 Å². The molecule has 0 bridgehead atoms. The van der Waals surface area contributed by atoms with Crippen molar-refractivity contribution in [1.29, 1.82) is 0 Å². The van der Waals surface area contributed by atoms with Gasteiger partial charge in [0.25, 0.3) is 16.0 Å². The number of hydrogen-bond donors (Lipinski definition) is 2. The Morgan fingerprint density at radius 2 is 1.72 bits per heavy atom. The molecule has 0 aliphatic carbocycles. The number of anilines is 1. The van der Waals surface area contributed by atoms with Gasteiger partial charge >= 0.3 is 29.6 Å². The quantitative estimate of drug-likeness (QED) is 0.189. The van der Waals surface area contributed by atoms with Crippen molar-refractivity contribution < 1.29 is 57.2 Å². The molecule has 0 radical (unpaired) electrons. The molecule has 0 saturated heterocycles. The number of azo groups is 1. The van der Waals surface area contributed by atoms with Gasteiger partial charge in [0.2, 0.25) is 0 Å². The van der Waals surface area contributed by atoms with Crippen LogP contribution in [-0.4, -0.2) is 25.5 Å². The van der Waals surface area contributed by atoms with E-state index in [2.05, 4.69) is 15.5 Å². The van der Waals surface area contributed by atoms with E-state index in [4.69, 9.17) is 27.9 Å². The van der Waals surface area contributed by atoms with Gasteiger partial charge in [-0.1, -0.05) is 59.3 Å². The summed E-state index contributed by atoms with van der Waals surface area (Å²) in [5.74, 6) is -1.02. The molecule has 4 aromatic rings. The van der Waals surface area contributed by atoms with Crippen molar-refractivity contribution in [3.8, 4) is 11.5 Å². The Morgan fingerprint density at radius 3 is 2.38 bits per heavy atom. The van der Waals surface area contributed by atoms with E-state index in [1.54, 1.807) is 36.4 Å². The second kappa shape index (κ2) is 12.6. The van der Waals surface area contributed by atoms with Gasteiger partial charge in [0.1, 0.15) is 16.3 Å². The Balaban J connectivity index is 0.00000420. The first-order valence-electron chi connectivity index (χ1n) is 11.2. The van der Waals surface area contributed by atoms with E-state index in [1.807, 2.05) is 6.92 Å². The zero-order chi connectivity index (χ0) is 27.6. The number of rotatable bonds is 7. The van der Waals surface area contributed by atoms with Crippen LogP contribution in [0, 0.1) is 6.92 Å². The standard InChI is InChI=1S/C26H21Cl2N3O6S.Na/c1-3-37-21-11-9-16(13-20(21)28)29-26(33)18-12-15-6-4-5-7-17(15)22(24(18)32)30-31-23-19(27)10-8-14(2)25(23)38(34,35)36;/h4-13,32H,3H2,1-2H3,(H,29,33)(H,34,35,36);/q;+1/p-1. The van der Waals surface area contributed by atoms with Crippen LogP contribution >= 0.6 is 23.2 Å². The van der Waals surface area contributed by atoms with Crippen LogP contribution in [0.15, 0.2) is 75.8 Å². The van der Waals surface area contributed by atoms with Crippen LogP contribution in [0.3, 0.4) is 0 Å². The molecule has 0 fully saturated rings. The fraction of sp³-hybridized carbons (Fsp3) is 0.115. The molecule has 13 heteroatoms. The number of carbonyl (C=O) groups excluding carboxylic acids is 1. The molecule has 39 heavy (non-hydrogen) atoms. The molecule has 2 N–H and O–H groups in total. The minimum atomic E-state index is -4.71. The van der Waals surface area contributed by atoms with Crippen molar-refractivity contribution >= 4 is 67.1 Å². The Kier molecular flexibility index (Phi) is 10.0. The molecule has 0 spiro atoms. The minimum absolute atomic E-state index is 0. The van der Waals surface area contributed by atoms with Crippen LogP contribution < -0.4 is 44.7 Å². The summed E-state index contributed by atoms with van der Waals surface area (Å²) < 4.78 is 39.1. The smallest absolute Gasteiger partial charge is 0.870 e. The second-order valence-corrected chi connectivity index (χ2v) is 10.2. The molecule has 0 saturated carbocycles. The SMILES string of the molecule is CCOc1ccc(NC(=O)c2cc3ccccc3c(N=Nc3c(Cl)ccc(C)c3S(=O)(=O)O)c2[O-])cc1Cl.[Na+]. The average Bonchev–Trinajstić information content (AvgIpc) is 2.86. The van der Waals surface area contributed by atoms with Crippen LogP contribution in [0.1, 0.15) is 22.8 Å². The summed E-state index contributed by atoms with van der Waals surface area (Å²) >= 11 is 12.4. The van der Waals surface area contributed by atoms with E-state index >= 15 is 0 Å². The largest absolute Gasteiger partial charge is 1.00 e. The van der Waals surface area contributed by atoms with E-state index in [0.717, 1.165) is 0 Å². The maximum absolute atomic E-state index is 13.4. The first-order chi connectivity index (χ1) is 18.0. The maximum atomic E-state index is 13.4. The van der Waals surface area contributed by atoms with Gasteiger partial charge in [-0.25, -0.2) is 0 Å². The molecular weight excluding hydrogens is 576 g/mol. The van der Waals surface area contributed by atoms with Crippen LogP contribution in [0.4, 0.5) is 17.1 Å².